The van der Waals surface area contributed by atoms with E-state index in [0.29, 0.717) is 16.9 Å². The lowest BCUT2D eigenvalue weighted by Crippen LogP contribution is -2.50. The Morgan fingerprint density at radius 1 is 0.855 bits per heavy atom. The summed E-state index contributed by atoms with van der Waals surface area (Å²) in [6.07, 6.45) is -4.83. The van der Waals surface area contributed by atoms with Crippen LogP contribution in [0.3, 0.4) is 0 Å². The second kappa shape index (κ2) is 15.1. The second-order valence-corrected chi connectivity index (χ2v) is 15.0. The molecule has 6 aromatic rings. The summed E-state index contributed by atoms with van der Waals surface area (Å²) < 4.78 is 85.5. The molecule has 282 valence electrons. The number of anilines is 1. The summed E-state index contributed by atoms with van der Waals surface area (Å²) in [4.78, 5) is 28.6. The van der Waals surface area contributed by atoms with Crippen LogP contribution in [0.4, 0.5) is 18.9 Å². The standard InChI is InChI=1S/C42H36F3N3O6S/c1-53-33-20-18-28(19-21-33)25-47-26-36(41(50)54-2)48-39(49)38(46-24-27-10-4-3-5-11-27)35(23-30-14-8-13-29-12-6-7-17-34(29)30)37(40(48)55(47,51)52)31-15-9-16-32(22-31)42(43,44)45/h3-22,36,46H,23-26H2,1-2H3. The first-order valence-corrected chi connectivity index (χ1v) is 18.8. The Balaban J connectivity index is 1.57. The van der Waals surface area contributed by atoms with E-state index in [9.17, 15) is 22.8 Å². The Bertz CT molecular complexity index is 2550. The van der Waals surface area contributed by atoms with Crippen molar-refractivity contribution in [2.75, 3.05) is 26.1 Å². The molecule has 5 aromatic carbocycles. The molecule has 7 rings (SSSR count). The van der Waals surface area contributed by atoms with Gasteiger partial charge in [-0.05, 0) is 62.9 Å². The number of fused-ring (bicyclic) bond motifs is 2. The van der Waals surface area contributed by atoms with Crippen molar-refractivity contribution in [2.24, 2.45) is 0 Å². The molecule has 0 fully saturated rings. The molecule has 1 N–H and O–H groups in total. The number of hydrogen-bond acceptors (Lipinski definition) is 7. The molecule has 0 radical (unpaired) electrons. The Kier molecular flexibility index (Phi) is 10.3. The van der Waals surface area contributed by atoms with Gasteiger partial charge in [-0.25, -0.2) is 13.2 Å². The minimum absolute atomic E-state index is 0.0516. The minimum Gasteiger partial charge on any atom is -0.497 e. The van der Waals surface area contributed by atoms with Crippen molar-refractivity contribution in [1.29, 1.82) is 0 Å². The lowest BCUT2D eigenvalue weighted by atomic mass is 9.91. The van der Waals surface area contributed by atoms with Gasteiger partial charge in [0.15, 0.2) is 5.03 Å². The number of halogens is 3. The monoisotopic (exact) mass is 767 g/mol. The molecule has 1 atom stereocenters. The van der Waals surface area contributed by atoms with Gasteiger partial charge in [-0.1, -0.05) is 97.1 Å². The predicted molar refractivity (Wildman–Crippen MR) is 203 cm³/mol. The number of alkyl halides is 3. The number of sulfonamides is 1. The zero-order valence-corrected chi connectivity index (χ0v) is 30.7. The molecule has 0 spiro atoms. The zero-order valence-electron chi connectivity index (χ0n) is 29.8. The van der Waals surface area contributed by atoms with Crippen LogP contribution in [0.15, 0.2) is 131 Å². The van der Waals surface area contributed by atoms with E-state index >= 15 is 8.42 Å². The van der Waals surface area contributed by atoms with Crippen LogP contribution in [0.1, 0.15) is 33.9 Å². The number of nitrogens with zero attached hydrogens (tertiary/aromatic N) is 2. The normalized spacial score (nSPS) is 15.3. The highest BCUT2D eigenvalue weighted by molar-refractivity contribution is 7.89. The molecule has 0 saturated carbocycles. The van der Waals surface area contributed by atoms with Gasteiger partial charge in [0.25, 0.3) is 15.6 Å². The topological polar surface area (TPSA) is 107 Å². The lowest BCUT2D eigenvalue weighted by Gasteiger charge is -2.36. The molecule has 13 heteroatoms. The van der Waals surface area contributed by atoms with Crippen LogP contribution in [0.5, 0.6) is 5.75 Å². The van der Waals surface area contributed by atoms with Gasteiger partial charge in [-0.3, -0.25) is 9.36 Å². The number of carbonyl (C=O) groups excluding carboxylic acids is 1. The van der Waals surface area contributed by atoms with Crippen LogP contribution in [-0.4, -0.2) is 44.0 Å². The van der Waals surface area contributed by atoms with Crippen LogP contribution in [0.2, 0.25) is 0 Å². The number of pyridine rings is 1. The number of aromatic nitrogens is 1. The van der Waals surface area contributed by atoms with E-state index in [0.717, 1.165) is 44.5 Å². The first-order chi connectivity index (χ1) is 26.4. The summed E-state index contributed by atoms with van der Waals surface area (Å²) in [5, 5.41) is 4.29. The molecule has 0 saturated heterocycles. The highest BCUT2D eigenvalue weighted by atomic mass is 32.2. The third-order valence-electron chi connectivity index (χ3n) is 9.77. The highest BCUT2D eigenvalue weighted by Crippen LogP contribution is 2.43. The third kappa shape index (κ3) is 7.32. The summed E-state index contributed by atoms with van der Waals surface area (Å²) >= 11 is 0. The van der Waals surface area contributed by atoms with E-state index < -0.39 is 50.9 Å². The van der Waals surface area contributed by atoms with Crippen LogP contribution in [0, 0.1) is 0 Å². The third-order valence-corrected chi connectivity index (χ3v) is 11.6. The SMILES string of the molecule is COC(=O)C1CN(Cc2ccc(OC)cc2)S(=O)(=O)c2c(-c3cccc(C(F)(F)F)c3)c(Cc3cccc4ccccc34)c(NCc3ccccc3)c(=O)n21. The van der Waals surface area contributed by atoms with Crippen molar-refractivity contribution in [3.8, 4) is 16.9 Å². The van der Waals surface area contributed by atoms with E-state index in [1.54, 1.807) is 24.3 Å². The maximum Gasteiger partial charge on any atom is 0.416 e. The van der Waals surface area contributed by atoms with E-state index in [1.165, 1.54) is 19.2 Å². The van der Waals surface area contributed by atoms with Crippen LogP contribution in [-0.2, 0) is 45.2 Å². The van der Waals surface area contributed by atoms with Crippen LogP contribution >= 0.6 is 0 Å². The molecular formula is C42H36F3N3O6S. The van der Waals surface area contributed by atoms with Gasteiger partial charge in [0, 0.05) is 31.6 Å². The zero-order chi connectivity index (χ0) is 38.9. The average molecular weight is 768 g/mol. The quantitative estimate of drug-likeness (QED) is 0.142. The summed E-state index contributed by atoms with van der Waals surface area (Å²) in [6, 6.07) is 31.7. The van der Waals surface area contributed by atoms with Crippen molar-refractivity contribution in [2.45, 2.75) is 36.8 Å². The highest BCUT2D eigenvalue weighted by Gasteiger charge is 2.45. The van der Waals surface area contributed by atoms with Gasteiger partial charge in [-0.2, -0.15) is 17.5 Å². The molecular weight excluding hydrogens is 732 g/mol. The average Bonchev–Trinajstić information content (AvgIpc) is 3.19. The van der Waals surface area contributed by atoms with E-state index in [4.69, 9.17) is 9.47 Å². The summed E-state index contributed by atoms with van der Waals surface area (Å²) in [6.45, 7) is -0.585. The largest absolute Gasteiger partial charge is 0.497 e. The second-order valence-electron chi connectivity index (χ2n) is 13.1. The molecule has 1 unspecified atom stereocenters. The van der Waals surface area contributed by atoms with Crippen molar-refractivity contribution in [1.82, 2.24) is 8.87 Å². The number of carbonyl (C=O) groups is 1. The van der Waals surface area contributed by atoms with Gasteiger partial charge in [0.1, 0.15) is 17.5 Å². The molecule has 1 aliphatic heterocycles. The molecule has 0 amide bonds. The Labute approximate surface area is 315 Å². The predicted octanol–water partition coefficient (Wildman–Crippen LogP) is 7.82. The fourth-order valence-electron chi connectivity index (χ4n) is 7.08. The summed E-state index contributed by atoms with van der Waals surface area (Å²) in [5.74, 6) is -0.362. The molecule has 2 heterocycles. The number of ether oxygens (including phenoxy) is 2. The van der Waals surface area contributed by atoms with Gasteiger partial charge < -0.3 is 14.8 Å². The summed E-state index contributed by atoms with van der Waals surface area (Å²) in [7, 11) is -2.09. The Morgan fingerprint density at radius 2 is 1.55 bits per heavy atom. The smallest absolute Gasteiger partial charge is 0.416 e. The molecule has 0 aliphatic carbocycles. The first-order valence-electron chi connectivity index (χ1n) is 17.3. The van der Waals surface area contributed by atoms with E-state index in [2.05, 4.69) is 5.32 Å². The van der Waals surface area contributed by atoms with E-state index in [1.807, 2.05) is 72.8 Å². The van der Waals surface area contributed by atoms with Crippen molar-refractivity contribution in [3.05, 3.63) is 159 Å². The number of hydrogen-bond donors (Lipinski definition) is 1. The lowest BCUT2D eigenvalue weighted by molar-refractivity contribution is -0.145. The van der Waals surface area contributed by atoms with Gasteiger partial charge in [0.05, 0.1) is 19.8 Å². The maximum absolute atomic E-state index is 15.1. The number of methoxy groups -OCH3 is 2. The van der Waals surface area contributed by atoms with Crippen molar-refractivity contribution >= 4 is 32.5 Å². The molecule has 1 aliphatic rings. The van der Waals surface area contributed by atoms with Crippen molar-refractivity contribution in [3.63, 3.8) is 0 Å². The number of benzene rings is 5. The van der Waals surface area contributed by atoms with Crippen LogP contribution in [0.25, 0.3) is 21.9 Å². The Hall–Kier alpha value is -5.92. The van der Waals surface area contributed by atoms with Crippen molar-refractivity contribution < 1.29 is 35.9 Å². The van der Waals surface area contributed by atoms with Crippen LogP contribution < -0.4 is 15.6 Å². The first kappa shape index (κ1) is 37.4. The number of nitrogens with one attached hydrogen (secondary N) is 1. The number of esters is 1. The number of rotatable bonds is 10. The maximum atomic E-state index is 15.1. The van der Waals surface area contributed by atoms with Gasteiger partial charge in [-0.15, -0.1) is 0 Å². The Morgan fingerprint density at radius 3 is 2.25 bits per heavy atom. The van der Waals surface area contributed by atoms with E-state index in [-0.39, 0.29) is 41.9 Å². The fraction of sp³-hybridized carbons (Fsp3) is 0.190. The minimum atomic E-state index is -4.78. The molecule has 0 bridgehead atoms. The molecule has 55 heavy (non-hydrogen) atoms. The van der Waals surface area contributed by atoms with Gasteiger partial charge in [0.2, 0.25) is 0 Å². The summed E-state index contributed by atoms with van der Waals surface area (Å²) in [5.41, 5.74) is 0.0363. The molecule has 9 nitrogen and oxygen atoms in total. The van der Waals surface area contributed by atoms with Gasteiger partial charge >= 0.3 is 12.1 Å². The fourth-order valence-corrected chi connectivity index (χ4v) is 8.94. The molecule has 1 aromatic heterocycles.